The van der Waals surface area contributed by atoms with Crippen molar-refractivity contribution in [1.29, 1.82) is 0 Å². The fourth-order valence-electron chi connectivity index (χ4n) is 4.55. The predicted octanol–water partition coefficient (Wildman–Crippen LogP) is 1.30. The number of amides is 1. The molecule has 1 N–H and O–H groups in total. The van der Waals surface area contributed by atoms with Crippen molar-refractivity contribution in [2.24, 2.45) is 0 Å². The Morgan fingerprint density at radius 3 is 2.35 bits per heavy atom. The molecule has 162 valence electrons. The van der Waals surface area contributed by atoms with Crippen LogP contribution in [0.25, 0.3) is 10.2 Å². The van der Waals surface area contributed by atoms with Gasteiger partial charge in [0.1, 0.15) is 17.0 Å². The highest BCUT2D eigenvalue weighted by Crippen LogP contribution is 2.36. The van der Waals surface area contributed by atoms with Gasteiger partial charge in [-0.25, -0.2) is 9.97 Å². The van der Waals surface area contributed by atoms with E-state index in [4.69, 9.17) is 0 Å². The molecule has 1 amide bonds. The maximum atomic E-state index is 13.2. The molecule has 0 atom stereocenters. The second-order valence-electron chi connectivity index (χ2n) is 8.49. The summed E-state index contributed by atoms with van der Waals surface area (Å²) in [6, 6.07) is 10.6. The Hall–Kier alpha value is -2.71. The number of anilines is 2. The number of likely N-dealkylation sites (N-methyl/N-ethyl adjacent to an activating group) is 1. The number of fused-ring (bicyclic) bond motifs is 1. The van der Waals surface area contributed by atoms with E-state index in [1.807, 2.05) is 4.90 Å². The molecule has 8 heteroatoms. The summed E-state index contributed by atoms with van der Waals surface area (Å²) in [7, 11) is 2.19. The quantitative estimate of drug-likeness (QED) is 0.669. The third-order valence-corrected chi connectivity index (χ3v) is 7.69. The summed E-state index contributed by atoms with van der Waals surface area (Å²) in [5, 5.41) is 1.05. The average molecular weight is 438 g/mol. The number of piperazine rings is 2. The van der Waals surface area contributed by atoms with Crippen LogP contribution in [-0.2, 0) is 0 Å². The zero-order valence-electron chi connectivity index (χ0n) is 18.2. The van der Waals surface area contributed by atoms with Gasteiger partial charge in [-0.05, 0) is 24.6 Å². The Bertz CT molecular complexity index is 1070. The number of aryl methyl sites for hydroxylation is 1. The topological polar surface area (TPSA) is 57.0 Å². The third kappa shape index (κ3) is 3.85. The Balaban J connectivity index is 1.39. The number of quaternary nitrogens is 1. The summed E-state index contributed by atoms with van der Waals surface area (Å²) in [5.74, 6) is 1.11. The highest BCUT2D eigenvalue weighted by molar-refractivity contribution is 7.20. The number of carbonyl (C=O) groups is 1. The van der Waals surface area contributed by atoms with Crippen LogP contribution >= 0.6 is 11.3 Å². The SMILES string of the molecule is Cc1c(C(=O)N2CC[NH+](C)CC2)sc2ncnc(N3CCN(c4ccccc4)CC3)c12. The number of aromatic nitrogens is 2. The van der Waals surface area contributed by atoms with Crippen molar-refractivity contribution in [1.82, 2.24) is 14.9 Å². The van der Waals surface area contributed by atoms with Gasteiger partial charge in [-0.15, -0.1) is 11.3 Å². The van der Waals surface area contributed by atoms with E-state index in [1.165, 1.54) is 21.9 Å². The van der Waals surface area contributed by atoms with Crippen LogP contribution in [0.5, 0.6) is 0 Å². The molecule has 2 aromatic heterocycles. The van der Waals surface area contributed by atoms with E-state index in [-0.39, 0.29) is 5.91 Å². The normalized spacial score (nSPS) is 18.1. The van der Waals surface area contributed by atoms with Gasteiger partial charge in [-0.1, -0.05) is 18.2 Å². The molecule has 0 bridgehead atoms. The average Bonchev–Trinajstić information content (AvgIpc) is 3.16. The summed E-state index contributed by atoms with van der Waals surface area (Å²) >= 11 is 1.52. The molecule has 0 radical (unpaired) electrons. The Labute approximate surface area is 186 Å². The van der Waals surface area contributed by atoms with Gasteiger partial charge >= 0.3 is 0 Å². The molecule has 2 aliphatic rings. The Morgan fingerprint density at radius 2 is 1.65 bits per heavy atom. The predicted molar refractivity (Wildman–Crippen MR) is 126 cm³/mol. The lowest BCUT2D eigenvalue weighted by atomic mass is 10.1. The van der Waals surface area contributed by atoms with Crippen LogP contribution in [0.4, 0.5) is 11.5 Å². The number of rotatable bonds is 3. The lowest BCUT2D eigenvalue weighted by molar-refractivity contribution is -0.883. The Morgan fingerprint density at radius 1 is 0.968 bits per heavy atom. The van der Waals surface area contributed by atoms with Gasteiger partial charge in [0, 0.05) is 31.9 Å². The number of hydrogen-bond acceptors (Lipinski definition) is 6. The molecule has 0 saturated carbocycles. The van der Waals surface area contributed by atoms with Crippen molar-refractivity contribution in [2.75, 3.05) is 69.2 Å². The number of para-hydroxylation sites is 1. The molecule has 1 aromatic carbocycles. The first-order valence-corrected chi connectivity index (χ1v) is 11.8. The van der Waals surface area contributed by atoms with Gasteiger partial charge in [0.15, 0.2) is 0 Å². The van der Waals surface area contributed by atoms with E-state index in [1.54, 1.807) is 6.33 Å². The van der Waals surface area contributed by atoms with Crippen LogP contribution in [-0.4, -0.2) is 80.2 Å². The van der Waals surface area contributed by atoms with Crippen LogP contribution < -0.4 is 14.7 Å². The lowest BCUT2D eigenvalue weighted by Crippen LogP contribution is -3.12. The molecular weight excluding hydrogens is 408 g/mol. The van der Waals surface area contributed by atoms with Crippen LogP contribution in [0, 0.1) is 6.92 Å². The highest BCUT2D eigenvalue weighted by Gasteiger charge is 2.28. The van der Waals surface area contributed by atoms with E-state index in [0.29, 0.717) is 0 Å². The fraction of sp³-hybridized carbons (Fsp3) is 0.435. The van der Waals surface area contributed by atoms with Crippen molar-refractivity contribution >= 4 is 39.0 Å². The summed E-state index contributed by atoms with van der Waals surface area (Å²) < 4.78 is 0. The van der Waals surface area contributed by atoms with E-state index < -0.39 is 0 Å². The van der Waals surface area contributed by atoms with Crippen molar-refractivity contribution in [3.8, 4) is 0 Å². The minimum atomic E-state index is 0.146. The first-order valence-electron chi connectivity index (χ1n) is 11.0. The molecule has 7 nitrogen and oxygen atoms in total. The molecule has 31 heavy (non-hydrogen) atoms. The minimum absolute atomic E-state index is 0.146. The number of benzene rings is 1. The Kier molecular flexibility index (Phi) is 5.50. The summed E-state index contributed by atoms with van der Waals surface area (Å²) in [4.78, 5) is 32.4. The second kappa shape index (κ2) is 8.43. The largest absolute Gasteiger partial charge is 0.368 e. The number of hydrogen-bond donors (Lipinski definition) is 1. The number of carbonyl (C=O) groups excluding carboxylic acids is 1. The number of nitrogens with zero attached hydrogens (tertiary/aromatic N) is 5. The first kappa shape index (κ1) is 20.2. The molecule has 2 aliphatic heterocycles. The summed E-state index contributed by atoms with van der Waals surface area (Å²) in [6.45, 7) is 9.42. The molecule has 0 spiro atoms. The molecule has 4 heterocycles. The van der Waals surface area contributed by atoms with E-state index in [9.17, 15) is 4.79 Å². The fourth-order valence-corrected chi connectivity index (χ4v) is 5.66. The van der Waals surface area contributed by atoms with Crippen molar-refractivity contribution in [3.05, 3.63) is 47.1 Å². The summed E-state index contributed by atoms with van der Waals surface area (Å²) in [5.41, 5.74) is 2.29. The summed E-state index contributed by atoms with van der Waals surface area (Å²) in [6.07, 6.45) is 1.64. The van der Waals surface area contributed by atoms with Crippen LogP contribution in [0.2, 0.25) is 0 Å². The number of thiophene rings is 1. The maximum absolute atomic E-state index is 13.2. The molecule has 2 fully saturated rings. The van der Waals surface area contributed by atoms with E-state index >= 15 is 0 Å². The van der Waals surface area contributed by atoms with Crippen LogP contribution in [0.3, 0.4) is 0 Å². The van der Waals surface area contributed by atoms with E-state index in [2.05, 4.69) is 64.1 Å². The van der Waals surface area contributed by atoms with Gasteiger partial charge in [0.2, 0.25) is 0 Å². The van der Waals surface area contributed by atoms with Gasteiger partial charge in [-0.2, -0.15) is 0 Å². The van der Waals surface area contributed by atoms with Gasteiger partial charge < -0.3 is 19.6 Å². The maximum Gasteiger partial charge on any atom is 0.264 e. The van der Waals surface area contributed by atoms with Crippen LogP contribution in [0.15, 0.2) is 36.7 Å². The zero-order chi connectivity index (χ0) is 21.4. The monoisotopic (exact) mass is 437 g/mol. The molecule has 0 unspecified atom stereocenters. The van der Waals surface area contributed by atoms with Crippen LogP contribution in [0.1, 0.15) is 15.2 Å². The second-order valence-corrected chi connectivity index (χ2v) is 9.49. The van der Waals surface area contributed by atoms with Crippen molar-refractivity contribution < 1.29 is 9.69 Å². The first-order chi connectivity index (χ1) is 15.1. The molecule has 3 aromatic rings. The third-order valence-electron chi connectivity index (χ3n) is 6.51. The molecule has 2 saturated heterocycles. The number of nitrogens with one attached hydrogen (secondary N) is 1. The zero-order valence-corrected chi connectivity index (χ0v) is 19.0. The highest BCUT2D eigenvalue weighted by atomic mass is 32.1. The van der Waals surface area contributed by atoms with E-state index in [0.717, 1.165) is 78.8 Å². The van der Waals surface area contributed by atoms with Gasteiger partial charge in [-0.3, -0.25) is 4.79 Å². The smallest absolute Gasteiger partial charge is 0.264 e. The van der Waals surface area contributed by atoms with Crippen molar-refractivity contribution in [2.45, 2.75) is 6.92 Å². The van der Waals surface area contributed by atoms with Crippen molar-refractivity contribution in [3.63, 3.8) is 0 Å². The molecular formula is C23H29N6OS+. The lowest BCUT2D eigenvalue weighted by Gasteiger charge is -2.37. The molecule has 5 rings (SSSR count). The minimum Gasteiger partial charge on any atom is -0.368 e. The van der Waals surface area contributed by atoms with Gasteiger partial charge in [0.05, 0.1) is 43.5 Å². The van der Waals surface area contributed by atoms with Gasteiger partial charge in [0.25, 0.3) is 5.91 Å². The standard InChI is InChI=1S/C23H28N6OS/c1-17-19-21(28-14-12-27(13-15-28)18-6-4-3-5-7-18)24-16-25-22(19)31-20(17)23(30)29-10-8-26(2)9-11-29/h3-7,16H,8-15H2,1-2H3/p+1. The molecule has 0 aliphatic carbocycles.